The van der Waals surface area contributed by atoms with Crippen molar-refractivity contribution in [2.75, 3.05) is 25.0 Å². The Morgan fingerprint density at radius 1 is 1.03 bits per heavy atom. The van der Waals surface area contributed by atoms with E-state index in [0.717, 1.165) is 0 Å². The summed E-state index contributed by atoms with van der Waals surface area (Å²) in [6.07, 6.45) is 3.27. The van der Waals surface area contributed by atoms with Crippen LogP contribution in [0.15, 0.2) is 67.0 Å². The van der Waals surface area contributed by atoms with Crippen molar-refractivity contribution in [1.82, 2.24) is 9.88 Å². The van der Waals surface area contributed by atoms with E-state index in [2.05, 4.69) is 10.3 Å². The molecule has 0 saturated heterocycles. The maximum atomic E-state index is 12.5. The van der Waals surface area contributed by atoms with E-state index in [9.17, 15) is 9.59 Å². The Hall–Kier alpha value is -3.58. The second-order valence-corrected chi connectivity index (χ2v) is 7.18. The molecule has 3 rings (SSSR count). The van der Waals surface area contributed by atoms with E-state index in [1.54, 1.807) is 71.9 Å². The predicted molar refractivity (Wildman–Crippen MR) is 124 cm³/mol. The Balaban J connectivity index is 1.58. The van der Waals surface area contributed by atoms with Crippen molar-refractivity contribution in [3.05, 3.63) is 77.6 Å². The number of carbonyl (C=O) groups excluding carboxylic acids is 2. The van der Waals surface area contributed by atoms with Gasteiger partial charge in [-0.05, 0) is 68.4 Å². The van der Waals surface area contributed by atoms with Gasteiger partial charge in [0.25, 0.3) is 11.8 Å². The van der Waals surface area contributed by atoms with Crippen LogP contribution in [0.3, 0.4) is 0 Å². The van der Waals surface area contributed by atoms with Gasteiger partial charge in [-0.25, -0.2) is 0 Å². The molecule has 166 valence electrons. The third-order valence-corrected chi connectivity index (χ3v) is 4.94. The molecule has 0 spiro atoms. The molecule has 2 amide bonds. The summed E-state index contributed by atoms with van der Waals surface area (Å²) in [5.74, 6) is 1.18. The van der Waals surface area contributed by atoms with Gasteiger partial charge in [0, 0.05) is 30.5 Å². The minimum Gasteiger partial charge on any atom is -0.482 e. The second-order valence-electron chi connectivity index (χ2n) is 6.77. The first-order valence-corrected chi connectivity index (χ1v) is 10.6. The lowest BCUT2D eigenvalue weighted by Gasteiger charge is -2.19. The number of benzene rings is 2. The van der Waals surface area contributed by atoms with Gasteiger partial charge in [-0.15, -0.1) is 0 Å². The highest BCUT2D eigenvalue weighted by molar-refractivity contribution is 6.32. The first kappa shape index (κ1) is 23.1. The van der Waals surface area contributed by atoms with Crippen molar-refractivity contribution in [1.29, 1.82) is 0 Å². The Kier molecular flexibility index (Phi) is 8.05. The Morgan fingerprint density at radius 3 is 2.41 bits per heavy atom. The molecule has 0 aliphatic carbocycles. The summed E-state index contributed by atoms with van der Waals surface area (Å²) in [5.41, 5.74) is 0.975. The predicted octanol–water partition coefficient (Wildman–Crippen LogP) is 5.03. The van der Waals surface area contributed by atoms with Gasteiger partial charge in [0.2, 0.25) is 0 Å². The zero-order valence-corrected chi connectivity index (χ0v) is 18.6. The number of anilines is 1. The van der Waals surface area contributed by atoms with Crippen LogP contribution in [0.2, 0.25) is 5.02 Å². The average molecular weight is 454 g/mol. The quantitative estimate of drug-likeness (QED) is 0.491. The molecule has 1 heterocycles. The molecule has 3 aromatic rings. The highest BCUT2D eigenvalue weighted by Gasteiger charge is 2.13. The fraction of sp³-hybridized carbons (Fsp3) is 0.208. The van der Waals surface area contributed by atoms with E-state index < -0.39 is 0 Å². The molecular weight excluding hydrogens is 430 g/mol. The maximum Gasteiger partial charge on any atom is 0.260 e. The molecule has 0 saturated carbocycles. The van der Waals surface area contributed by atoms with Gasteiger partial charge in [0.05, 0.1) is 11.2 Å². The molecule has 32 heavy (non-hydrogen) atoms. The molecule has 0 bridgehead atoms. The Labute approximate surface area is 191 Å². The van der Waals surface area contributed by atoms with Crippen molar-refractivity contribution in [3.63, 3.8) is 0 Å². The van der Waals surface area contributed by atoms with Crippen LogP contribution in [0.1, 0.15) is 24.2 Å². The number of rotatable bonds is 9. The number of hydrogen-bond donors (Lipinski definition) is 1. The third kappa shape index (κ3) is 6.21. The maximum absolute atomic E-state index is 12.5. The van der Waals surface area contributed by atoms with Crippen LogP contribution in [0.25, 0.3) is 0 Å². The lowest BCUT2D eigenvalue weighted by molar-refractivity contribution is -0.132. The number of nitrogens with zero attached hydrogens (tertiary/aromatic N) is 2. The smallest absolute Gasteiger partial charge is 0.260 e. The number of aromatic nitrogens is 1. The van der Waals surface area contributed by atoms with E-state index in [1.165, 1.54) is 0 Å². The van der Waals surface area contributed by atoms with Gasteiger partial charge in [0.15, 0.2) is 6.61 Å². The summed E-state index contributed by atoms with van der Waals surface area (Å²) in [7, 11) is 0. The average Bonchev–Trinajstić information content (AvgIpc) is 2.80. The number of likely N-dealkylation sites (N-methyl/N-ethyl adjacent to an activating group) is 1. The Bertz CT molecular complexity index is 1050. The molecule has 8 heteroatoms. The molecule has 0 atom stereocenters. The van der Waals surface area contributed by atoms with Crippen molar-refractivity contribution >= 4 is 29.1 Å². The minimum absolute atomic E-state index is 0.0967. The van der Waals surface area contributed by atoms with Crippen LogP contribution in [0, 0.1) is 0 Å². The number of pyridine rings is 1. The first-order valence-electron chi connectivity index (χ1n) is 10.2. The van der Waals surface area contributed by atoms with Crippen LogP contribution in [0.4, 0.5) is 5.69 Å². The molecule has 0 radical (unpaired) electrons. The number of ether oxygens (including phenoxy) is 2. The first-order chi connectivity index (χ1) is 15.5. The van der Waals surface area contributed by atoms with Gasteiger partial charge in [0.1, 0.15) is 17.2 Å². The van der Waals surface area contributed by atoms with E-state index in [1.807, 2.05) is 13.8 Å². The zero-order valence-electron chi connectivity index (χ0n) is 17.9. The van der Waals surface area contributed by atoms with Gasteiger partial charge in [-0.2, -0.15) is 0 Å². The minimum atomic E-state index is -0.292. The van der Waals surface area contributed by atoms with Crippen LogP contribution >= 0.6 is 11.6 Å². The summed E-state index contributed by atoms with van der Waals surface area (Å²) in [5, 5.41) is 3.09. The molecular formula is C24H24ClN3O4. The molecule has 1 N–H and O–H groups in total. The van der Waals surface area contributed by atoms with Crippen molar-refractivity contribution in [2.45, 2.75) is 13.8 Å². The highest BCUT2D eigenvalue weighted by atomic mass is 35.5. The molecule has 0 aliphatic heterocycles. The van der Waals surface area contributed by atoms with Gasteiger partial charge < -0.3 is 19.7 Å². The molecule has 1 aromatic heterocycles. The number of carbonyl (C=O) groups is 2. The lowest BCUT2D eigenvalue weighted by atomic mass is 10.2. The standard InChI is InChI=1S/C24H24ClN3O4/c1-3-28(4-2)23(29)16-31-22-12-9-18(14-21(22)25)27-24(30)17-7-10-19(11-8-17)32-20-6-5-13-26-15-20/h5-15H,3-4,16H2,1-2H3,(H,27,30). The van der Waals surface area contributed by atoms with Crippen LogP contribution in [-0.2, 0) is 4.79 Å². The lowest BCUT2D eigenvalue weighted by Crippen LogP contribution is -2.34. The van der Waals surface area contributed by atoms with Crippen LogP contribution in [0.5, 0.6) is 17.2 Å². The van der Waals surface area contributed by atoms with E-state index in [0.29, 0.717) is 46.6 Å². The summed E-state index contributed by atoms with van der Waals surface area (Å²) < 4.78 is 11.2. The zero-order chi connectivity index (χ0) is 22.9. The normalized spacial score (nSPS) is 10.3. The van der Waals surface area contributed by atoms with Crippen LogP contribution in [-0.4, -0.2) is 41.4 Å². The topological polar surface area (TPSA) is 80.8 Å². The number of hydrogen-bond acceptors (Lipinski definition) is 5. The van der Waals surface area contributed by atoms with E-state index in [4.69, 9.17) is 21.1 Å². The van der Waals surface area contributed by atoms with Gasteiger partial charge in [-0.1, -0.05) is 11.6 Å². The summed E-state index contributed by atoms with van der Waals surface area (Å²) in [6.45, 7) is 4.96. The monoisotopic (exact) mass is 453 g/mol. The van der Waals surface area contributed by atoms with Crippen LogP contribution < -0.4 is 14.8 Å². The van der Waals surface area contributed by atoms with E-state index >= 15 is 0 Å². The fourth-order valence-electron chi connectivity index (χ4n) is 2.92. The summed E-state index contributed by atoms with van der Waals surface area (Å²) >= 11 is 6.26. The molecule has 2 aromatic carbocycles. The largest absolute Gasteiger partial charge is 0.482 e. The van der Waals surface area contributed by atoms with Crippen molar-refractivity contribution in [3.8, 4) is 17.2 Å². The van der Waals surface area contributed by atoms with E-state index in [-0.39, 0.29) is 18.4 Å². The molecule has 0 unspecified atom stereocenters. The number of nitrogens with one attached hydrogen (secondary N) is 1. The molecule has 7 nitrogen and oxygen atoms in total. The highest BCUT2D eigenvalue weighted by Crippen LogP contribution is 2.28. The number of halogens is 1. The molecule has 0 aliphatic rings. The van der Waals surface area contributed by atoms with Gasteiger partial charge >= 0.3 is 0 Å². The van der Waals surface area contributed by atoms with Gasteiger partial charge in [-0.3, -0.25) is 14.6 Å². The second kappa shape index (κ2) is 11.2. The number of amides is 2. The van der Waals surface area contributed by atoms with Crippen molar-refractivity contribution < 1.29 is 19.1 Å². The molecule has 0 fully saturated rings. The SMILES string of the molecule is CCN(CC)C(=O)COc1ccc(NC(=O)c2ccc(Oc3cccnc3)cc2)cc1Cl. The Morgan fingerprint density at radius 2 is 1.78 bits per heavy atom. The van der Waals surface area contributed by atoms with Crippen molar-refractivity contribution in [2.24, 2.45) is 0 Å². The third-order valence-electron chi connectivity index (χ3n) is 4.64. The fourth-order valence-corrected chi connectivity index (χ4v) is 3.16. The summed E-state index contributed by atoms with van der Waals surface area (Å²) in [6, 6.07) is 15.2. The summed E-state index contributed by atoms with van der Waals surface area (Å²) in [4.78, 5) is 30.3.